The highest BCUT2D eigenvalue weighted by Gasteiger charge is 2.13. The van der Waals surface area contributed by atoms with Crippen molar-refractivity contribution < 1.29 is 5.11 Å². The van der Waals surface area contributed by atoms with E-state index in [1.54, 1.807) is 6.07 Å². The van der Waals surface area contributed by atoms with Crippen LogP contribution in [-0.2, 0) is 0 Å². The molecule has 0 saturated heterocycles. The second kappa shape index (κ2) is 3.81. The quantitative estimate of drug-likeness (QED) is 0.795. The topological polar surface area (TPSA) is 23.5 Å². The number of phenols is 1. The van der Waals surface area contributed by atoms with Gasteiger partial charge in [-0.25, -0.2) is 0 Å². The molecule has 1 aromatic rings. The Morgan fingerprint density at radius 3 is 2.67 bits per heavy atom. The molecule has 1 aromatic carbocycles. The van der Waals surface area contributed by atoms with Crippen LogP contribution in [0.4, 0.5) is 5.69 Å². The Morgan fingerprint density at radius 1 is 1.27 bits per heavy atom. The van der Waals surface area contributed by atoms with Crippen LogP contribution in [0, 0.1) is 0 Å². The van der Waals surface area contributed by atoms with Gasteiger partial charge in [-0.2, -0.15) is 0 Å². The van der Waals surface area contributed by atoms with Crippen LogP contribution in [-0.4, -0.2) is 19.2 Å². The smallest absolute Gasteiger partial charge is 0.139 e. The molecule has 1 N–H and O–H groups in total. The summed E-state index contributed by atoms with van der Waals surface area (Å²) >= 11 is 0. The third-order valence-corrected chi connectivity index (χ3v) is 2.58. The van der Waals surface area contributed by atoms with Crippen LogP contribution in [0.3, 0.4) is 0 Å². The predicted octanol–water partition coefficient (Wildman–Crippen LogP) is 2.80. The molecule has 0 heterocycles. The number of hydrogen-bond acceptors (Lipinski definition) is 2. The van der Waals surface area contributed by atoms with Gasteiger partial charge in [0, 0.05) is 19.7 Å². The van der Waals surface area contributed by atoms with Gasteiger partial charge in [0.1, 0.15) is 5.75 Å². The van der Waals surface area contributed by atoms with Gasteiger partial charge in [0.15, 0.2) is 0 Å². The minimum Gasteiger partial charge on any atom is -0.506 e. The molecule has 2 heteroatoms. The number of para-hydroxylation sites is 1. The molecule has 0 unspecified atom stereocenters. The van der Waals surface area contributed by atoms with E-state index in [0.717, 1.165) is 17.7 Å². The average Bonchev–Trinajstić information content (AvgIpc) is 2.69. The minimum absolute atomic E-state index is 0.338. The van der Waals surface area contributed by atoms with Gasteiger partial charge in [-0.05, 0) is 18.1 Å². The Balaban J connectivity index is 2.51. The van der Waals surface area contributed by atoms with E-state index in [1.165, 1.54) is 5.57 Å². The molecule has 0 aliphatic heterocycles. The maximum Gasteiger partial charge on any atom is 0.139 e. The highest BCUT2D eigenvalue weighted by Crippen LogP contribution is 2.36. The lowest BCUT2D eigenvalue weighted by Gasteiger charge is -2.19. The molecule has 2 nitrogen and oxygen atoms in total. The van der Waals surface area contributed by atoms with Crippen molar-refractivity contribution in [3.8, 4) is 5.75 Å². The zero-order chi connectivity index (χ0) is 10.8. The van der Waals surface area contributed by atoms with E-state index < -0.39 is 0 Å². The van der Waals surface area contributed by atoms with Gasteiger partial charge in [-0.3, -0.25) is 0 Å². The molecule has 0 spiro atoms. The fourth-order valence-corrected chi connectivity index (χ4v) is 1.91. The first-order valence-corrected chi connectivity index (χ1v) is 5.05. The first-order chi connectivity index (χ1) is 7.20. The maximum atomic E-state index is 9.83. The minimum atomic E-state index is 0.338. The average molecular weight is 201 g/mol. The zero-order valence-corrected chi connectivity index (χ0v) is 9.07. The summed E-state index contributed by atoms with van der Waals surface area (Å²) in [5.41, 5.74) is 3.27. The van der Waals surface area contributed by atoms with Crippen molar-refractivity contribution >= 4 is 11.3 Å². The SMILES string of the molecule is CN(C)c1c(O)cccc1C1=CC=CC1. The van der Waals surface area contributed by atoms with E-state index in [2.05, 4.69) is 18.2 Å². The van der Waals surface area contributed by atoms with Crippen LogP contribution in [0.15, 0.2) is 36.4 Å². The summed E-state index contributed by atoms with van der Waals surface area (Å²) in [6.07, 6.45) is 7.23. The summed E-state index contributed by atoms with van der Waals surface area (Å²) in [6.45, 7) is 0. The fourth-order valence-electron chi connectivity index (χ4n) is 1.91. The number of benzene rings is 1. The maximum absolute atomic E-state index is 9.83. The van der Waals surface area contributed by atoms with Gasteiger partial charge in [0.2, 0.25) is 0 Å². The van der Waals surface area contributed by atoms with Gasteiger partial charge in [0.25, 0.3) is 0 Å². The van der Waals surface area contributed by atoms with E-state index in [0.29, 0.717) is 5.75 Å². The number of hydrogen-bond donors (Lipinski definition) is 1. The number of nitrogens with zero attached hydrogens (tertiary/aromatic N) is 1. The monoisotopic (exact) mass is 201 g/mol. The van der Waals surface area contributed by atoms with E-state index >= 15 is 0 Å². The standard InChI is InChI=1S/C13H15NO/c1-14(2)13-11(8-5-9-12(13)15)10-6-3-4-7-10/h3-6,8-9,15H,7H2,1-2H3. The Morgan fingerprint density at radius 2 is 2.07 bits per heavy atom. The summed E-state index contributed by atoms with van der Waals surface area (Å²) in [7, 11) is 3.89. The number of phenolic OH excluding ortho intramolecular Hbond substituents is 1. The molecule has 15 heavy (non-hydrogen) atoms. The summed E-state index contributed by atoms with van der Waals surface area (Å²) in [4.78, 5) is 1.95. The number of rotatable bonds is 2. The molecule has 0 fully saturated rings. The van der Waals surface area contributed by atoms with Gasteiger partial charge in [-0.15, -0.1) is 0 Å². The Bertz CT molecular complexity index is 430. The van der Waals surface area contributed by atoms with Crippen molar-refractivity contribution in [2.45, 2.75) is 6.42 Å². The van der Waals surface area contributed by atoms with E-state index in [-0.39, 0.29) is 0 Å². The molecule has 0 saturated carbocycles. The molecular formula is C13H15NO. The van der Waals surface area contributed by atoms with Crippen LogP contribution in [0.1, 0.15) is 12.0 Å². The third-order valence-electron chi connectivity index (χ3n) is 2.58. The Kier molecular flexibility index (Phi) is 2.50. The van der Waals surface area contributed by atoms with Crippen LogP contribution < -0.4 is 4.90 Å². The number of aromatic hydroxyl groups is 1. The van der Waals surface area contributed by atoms with E-state index in [4.69, 9.17) is 0 Å². The molecule has 1 aliphatic rings. The molecule has 0 atom stereocenters. The van der Waals surface area contributed by atoms with Gasteiger partial charge in [-0.1, -0.05) is 30.4 Å². The molecule has 0 radical (unpaired) electrons. The lowest BCUT2D eigenvalue weighted by atomic mass is 10.0. The van der Waals surface area contributed by atoms with Crippen LogP contribution >= 0.6 is 0 Å². The van der Waals surface area contributed by atoms with Gasteiger partial charge >= 0.3 is 0 Å². The number of allylic oxidation sites excluding steroid dienone is 4. The molecular weight excluding hydrogens is 186 g/mol. The largest absolute Gasteiger partial charge is 0.506 e. The first kappa shape index (κ1) is 9.84. The lowest BCUT2D eigenvalue weighted by Crippen LogP contribution is -2.11. The van der Waals surface area contributed by atoms with Crippen LogP contribution in [0.2, 0.25) is 0 Å². The molecule has 2 rings (SSSR count). The van der Waals surface area contributed by atoms with Crippen molar-refractivity contribution in [2.75, 3.05) is 19.0 Å². The Hall–Kier alpha value is -1.70. The second-order valence-corrected chi connectivity index (χ2v) is 3.89. The van der Waals surface area contributed by atoms with Crippen molar-refractivity contribution in [3.05, 3.63) is 42.0 Å². The molecule has 0 aromatic heterocycles. The number of anilines is 1. The van der Waals surface area contributed by atoms with Crippen molar-refractivity contribution in [2.24, 2.45) is 0 Å². The van der Waals surface area contributed by atoms with Gasteiger partial charge < -0.3 is 10.0 Å². The normalized spacial score (nSPS) is 14.1. The highest BCUT2D eigenvalue weighted by atomic mass is 16.3. The van der Waals surface area contributed by atoms with Gasteiger partial charge in [0.05, 0.1) is 5.69 Å². The zero-order valence-electron chi connectivity index (χ0n) is 9.07. The van der Waals surface area contributed by atoms with Crippen LogP contribution in [0.25, 0.3) is 5.57 Å². The van der Waals surface area contributed by atoms with Crippen LogP contribution in [0.5, 0.6) is 5.75 Å². The predicted molar refractivity (Wildman–Crippen MR) is 64.2 cm³/mol. The summed E-state index contributed by atoms with van der Waals surface area (Å²) < 4.78 is 0. The van der Waals surface area contributed by atoms with E-state index in [1.807, 2.05) is 31.1 Å². The van der Waals surface area contributed by atoms with Crippen molar-refractivity contribution in [3.63, 3.8) is 0 Å². The molecule has 0 bridgehead atoms. The lowest BCUT2D eigenvalue weighted by molar-refractivity contribution is 0.475. The first-order valence-electron chi connectivity index (χ1n) is 5.05. The summed E-state index contributed by atoms with van der Waals surface area (Å²) in [6, 6.07) is 5.66. The summed E-state index contributed by atoms with van der Waals surface area (Å²) in [5.74, 6) is 0.338. The summed E-state index contributed by atoms with van der Waals surface area (Å²) in [5, 5.41) is 9.83. The Labute approximate surface area is 90.2 Å². The molecule has 78 valence electrons. The fraction of sp³-hybridized carbons (Fsp3) is 0.231. The highest BCUT2D eigenvalue weighted by molar-refractivity contribution is 5.82. The van der Waals surface area contributed by atoms with E-state index in [9.17, 15) is 5.11 Å². The van der Waals surface area contributed by atoms with Crippen molar-refractivity contribution in [1.82, 2.24) is 0 Å². The van der Waals surface area contributed by atoms with Crippen molar-refractivity contribution in [1.29, 1.82) is 0 Å². The molecule has 1 aliphatic carbocycles. The second-order valence-electron chi connectivity index (χ2n) is 3.89. The molecule has 0 amide bonds. The third kappa shape index (κ3) is 1.75.